The van der Waals surface area contributed by atoms with Gasteiger partial charge in [0.05, 0.1) is 24.7 Å². The maximum atomic E-state index is 12.9. The number of carbonyl (C=O) groups is 3. The fraction of sp³-hybridized carbons (Fsp3) is 0.318. The van der Waals surface area contributed by atoms with Crippen molar-refractivity contribution >= 4 is 17.7 Å². The summed E-state index contributed by atoms with van der Waals surface area (Å²) in [4.78, 5) is 38.8. The SMILES string of the molecule is COC(=O)c1cccc(C(=O)N2CCC3(CC2)CC(=O)c2ccccc2O3)c1. The molecule has 2 heterocycles. The molecule has 1 fully saturated rings. The van der Waals surface area contributed by atoms with Crippen molar-refractivity contribution in [1.82, 2.24) is 4.90 Å². The molecule has 0 radical (unpaired) electrons. The van der Waals surface area contributed by atoms with Crippen molar-refractivity contribution in [3.05, 3.63) is 65.2 Å². The first-order chi connectivity index (χ1) is 13.5. The summed E-state index contributed by atoms with van der Waals surface area (Å²) in [7, 11) is 1.31. The minimum atomic E-state index is -0.546. The van der Waals surface area contributed by atoms with Crippen LogP contribution in [0.1, 0.15) is 50.3 Å². The molecular weight excluding hydrogens is 358 g/mol. The highest BCUT2D eigenvalue weighted by Crippen LogP contribution is 2.39. The summed E-state index contributed by atoms with van der Waals surface area (Å²) in [5.74, 6) is 0.111. The van der Waals surface area contributed by atoms with Crippen LogP contribution < -0.4 is 4.74 Å². The predicted molar refractivity (Wildman–Crippen MR) is 102 cm³/mol. The molecule has 2 aliphatic heterocycles. The van der Waals surface area contributed by atoms with Crippen LogP contribution in [0.25, 0.3) is 0 Å². The maximum absolute atomic E-state index is 12.9. The van der Waals surface area contributed by atoms with E-state index in [1.165, 1.54) is 7.11 Å². The molecule has 0 saturated carbocycles. The molecule has 6 nitrogen and oxygen atoms in total. The van der Waals surface area contributed by atoms with E-state index in [1.54, 1.807) is 35.2 Å². The van der Waals surface area contributed by atoms with Crippen LogP contribution >= 0.6 is 0 Å². The van der Waals surface area contributed by atoms with Gasteiger partial charge in [0.1, 0.15) is 11.4 Å². The summed E-state index contributed by atoms with van der Waals surface area (Å²) in [6.45, 7) is 0.994. The van der Waals surface area contributed by atoms with E-state index in [9.17, 15) is 14.4 Å². The van der Waals surface area contributed by atoms with Gasteiger partial charge in [0.2, 0.25) is 0 Å². The third-order valence-electron chi connectivity index (χ3n) is 5.49. The molecule has 144 valence electrons. The third kappa shape index (κ3) is 3.26. The molecule has 28 heavy (non-hydrogen) atoms. The first-order valence-corrected chi connectivity index (χ1v) is 9.30. The largest absolute Gasteiger partial charge is 0.486 e. The fourth-order valence-corrected chi connectivity index (χ4v) is 3.92. The van der Waals surface area contributed by atoms with Crippen molar-refractivity contribution in [2.24, 2.45) is 0 Å². The Labute approximate surface area is 163 Å². The highest BCUT2D eigenvalue weighted by molar-refractivity contribution is 6.00. The normalized spacial score (nSPS) is 17.6. The lowest BCUT2D eigenvalue weighted by molar-refractivity contribution is -0.00570. The molecule has 4 rings (SSSR count). The van der Waals surface area contributed by atoms with E-state index in [2.05, 4.69) is 0 Å². The number of ketones is 1. The minimum absolute atomic E-state index is 0.0902. The van der Waals surface area contributed by atoms with Crippen LogP contribution in [-0.4, -0.2) is 48.4 Å². The zero-order valence-electron chi connectivity index (χ0n) is 15.6. The van der Waals surface area contributed by atoms with E-state index in [4.69, 9.17) is 9.47 Å². The zero-order valence-corrected chi connectivity index (χ0v) is 15.6. The van der Waals surface area contributed by atoms with Crippen LogP contribution in [0.15, 0.2) is 48.5 Å². The molecule has 1 saturated heterocycles. The molecule has 0 aromatic heterocycles. The molecule has 0 atom stereocenters. The third-order valence-corrected chi connectivity index (χ3v) is 5.49. The summed E-state index contributed by atoms with van der Waals surface area (Å²) in [6.07, 6.45) is 1.52. The Hall–Kier alpha value is -3.15. The van der Waals surface area contributed by atoms with E-state index in [0.29, 0.717) is 54.8 Å². The number of likely N-dealkylation sites (tertiary alicyclic amines) is 1. The fourth-order valence-electron chi connectivity index (χ4n) is 3.92. The Morgan fingerprint density at radius 2 is 1.75 bits per heavy atom. The number of hydrogen-bond acceptors (Lipinski definition) is 5. The minimum Gasteiger partial charge on any atom is -0.486 e. The Morgan fingerprint density at radius 3 is 2.50 bits per heavy atom. The number of carbonyl (C=O) groups excluding carboxylic acids is 3. The summed E-state index contributed by atoms with van der Waals surface area (Å²) >= 11 is 0. The number of fused-ring (bicyclic) bond motifs is 1. The van der Waals surface area contributed by atoms with E-state index in [0.717, 1.165) is 0 Å². The molecule has 1 amide bonds. The van der Waals surface area contributed by atoms with Gasteiger partial charge in [-0.05, 0) is 30.3 Å². The van der Waals surface area contributed by atoms with Gasteiger partial charge in [-0.1, -0.05) is 18.2 Å². The van der Waals surface area contributed by atoms with E-state index < -0.39 is 11.6 Å². The lowest BCUT2D eigenvalue weighted by atomic mass is 9.82. The van der Waals surface area contributed by atoms with Gasteiger partial charge < -0.3 is 14.4 Å². The lowest BCUT2D eigenvalue weighted by Crippen LogP contribution is -2.52. The monoisotopic (exact) mass is 379 g/mol. The quantitative estimate of drug-likeness (QED) is 0.750. The van der Waals surface area contributed by atoms with Gasteiger partial charge >= 0.3 is 5.97 Å². The molecule has 0 N–H and O–H groups in total. The summed E-state index contributed by atoms with van der Waals surface area (Å²) in [6, 6.07) is 13.8. The van der Waals surface area contributed by atoms with Gasteiger partial charge in [-0.3, -0.25) is 9.59 Å². The Bertz CT molecular complexity index is 943. The Kier molecular flexibility index (Phi) is 4.63. The number of methoxy groups -OCH3 is 1. The Morgan fingerprint density at radius 1 is 1.04 bits per heavy atom. The van der Waals surface area contributed by atoms with E-state index in [1.807, 2.05) is 18.2 Å². The lowest BCUT2D eigenvalue weighted by Gasteiger charge is -2.44. The average molecular weight is 379 g/mol. The van der Waals surface area contributed by atoms with E-state index >= 15 is 0 Å². The van der Waals surface area contributed by atoms with Crippen LogP contribution in [0, 0.1) is 0 Å². The molecule has 0 unspecified atom stereocenters. The number of nitrogens with zero attached hydrogens (tertiary/aromatic N) is 1. The molecule has 2 aliphatic rings. The van der Waals surface area contributed by atoms with Crippen molar-refractivity contribution in [1.29, 1.82) is 0 Å². The van der Waals surface area contributed by atoms with Gasteiger partial charge in [-0.15, -0.1) is 0 Å². The highest BCUT2D eigenvalue weighted by atomic mass is 16.5. The van der Waals surface area contributed by atoms with Crippen LogP contribution in [0.3, 0.4) is 0 Å². The smallest absolute Gasteiger partial charge is 0.337 e. The number of ether oxygens (including phenoxy) is 2. The van der Waals surface area contributed by atoms with Crippen molar-refractivity contribution in [2.45, 2.75) is 24.9 Å². The van der Waals surface area contributed by atoms with Gasteiger partial charge in [-0.2, -0.15) is 0 Å². The molecule has 2 aromatic rings. The van der Waals surface area contributed by atoms with E-state index in [-0.39, 0.29) is 11.7 Å². The molecular formula is C22H21NO5. The van der Waals surface area contributed by atoms with Crippen LogP contribution in [-0.2, 0) is 4.74 Å². The van der Waals surface area contributed by atoms with Crippen LogP contribution in [0.2, 0.25) is 0 Å². The second kappa shape index (κ2) is 7.11. The molecule has 0 bridgehead atoms. The first kappa shape index (κ1) is 18.2. The highest BCUT2D eigenvalue weighted by Gasteiger charge is 2.43. The van der Waals surface area contributed by atoms with Crippen LogP contribution in [0.4, 0.5) is 0 Å². The predicted octanol–water partition coefficient (Wildman–Crippen LogP) is 3.11. The van der Waals surface area contributed by atoms with Crippen molar-refractivity contribution < 1.29 is 23.9 Å². The molecule has 0 aliphatic carbocycles. The number of rotatable bonds is 2. The zero-order chi connectivity index (χ0) is 19.7. The van der Waals surface area contributed by atoms with Gasteiger partial charge in [0.15, 0.2) is 5.78 Å². The standard InChI is InChI=1S/C22H21NO5/c1-27-21(26)16-6-4-5-15(13-16)20(25)23-11-9-22(10-12-23)14-18(24)17-7-2-3-8-19(17)28-22/h2-8,13H,9-12,14H2,1H3. The molecule has 1 spiro atoms. The second-order valence-corrected chi connectivity index (χ2v) is 7.25. The number of piperidine rings is 1. The topological polar surface area (TPSA) is 72.9 Å². The maximum Gasteiger partial charge on any atom is 0.337 e. The van der Waals surface area contributed by atoms with Crippen molar-refractivity contribution in [3.8, 4) is 5.75 Å². The molecule has 6 heteroatoms. The molecule has 2 aromatic carbocycles. The number of esters is 1. The second-order valence-electron chi connectivity index (χ2n) is 7.25. The summed E-state index contributed by atoms with van der Waals surface area (Å²) in [5.41, 5.74) is 0.881. The summed E-state index contributed by atoms with van der Waals surface area (Å²) < 4.78 is 10.9. The van der Waals surface area contributed by atoms with Crippen LogP contribution in [0.5, 0.6) is 5.75 Å². The van der Waals surface area contributed by atoms with Crippen molar-refractivity contribution in [2.75, 3.05) is 20.2 Å². The number of Topliss-reactive ketones (excluding diaryl/α,β-unsaturated/α-hetero) is 1. The summed E-state index contributed by atoms with van der Waals surface area (Å²) in [5, 5.41) is 0. The number of benzene rings is 2. The van der Waals surface area contributed by atoms with Gasteiger partial charge in [-0.25, -0.2) is 4.79 Å². The number of amides is 1. The van der Waals surface area contributed by atoms with Gasteiger partial charge in [0.25, 0.3) is 5.91 Å². The Balaban J connectivity index is 1.47. The average Bonchev–Trinajstić information content (AvgIpc) is 2.73. The number of para-hydroxylation sites is 1. The first-order valence-electron chi connectivity index (χ1n) is 9.30. The van der Waals surface area contributed by atoms with Crippen molar-refractivity contribution in [3.63, 3.8) is 0 Å². The number of hydrogen-bond donors (Lipinski definition) is 0. The van der Waals surface area contributed by atoms with Gasteiger partial charge in [0, 0.05) is 31.5 Å².